The lowest BCUT2D eigenvalue weighted by atomic mass is 9.97. The van der Waals surface area contributed by atoms with Gasteiger partial charge in [0.1, 0.15) is 17.0 Å². The topological polar surface area (TPSA) is 56.7 Å². The van der Waals surface area contributed by atoms with E-state index in [-0.39, 0.29) is 5.92 Å². The van der Waals surface area contributed by atoms with E-state index in [0.29, 0.717) is 11.6 Å². The minimum atomic E-state index is 0.0950. The van der Waals surface area contributed by atoms with Crippen molar-refractivity contribution in [1.82, 2.24) is 19.5 Å². The third kappa shape index (κ3) is 5.52. The number of aromatic nitrogens is 4. The number of hydrogen-bond donors (Lipinski definition) is 0. The lowest BCUT2D eigenvalue weighted by molar-refractivity contribution is 0.669. The van der Waals surface area contributed by atoms with Crippen LogP contribution >= 0.6 is 0 Å². The van der Waals surface area contributed by atoms with E-state index in [1.54, 1.807) is 0 Å². The zero-order valence-electron chi connectivity index (χ0n) is 30.4. The molecule has 0 bridgehead atoms. The maximum absolute atomic E-state index is 6.38. The largest absolute Gasteiger partial charge is 0.456 e. The summed E-state index contributed by atoms with van der Waals surface area (Å²) in [6.45, 7) is 0. The number of nitrogens with zero attached hydrogens (tertiary/aromatic N) is 4. The molecule has 56 heavy (non-hydrogen) atoms. The molecule has 3 heterocycles. The van der Waals surface area contributed by atoms with E-state index in [9.17, 15) is 0 Å². The maximum Gasteiger partial charge on any atom is 0.163 e. The van der Waals surface area contributed by atoms with Crippen molar-refractivity contribution in [3.63, 3.8) is 0 Å². The summed E-state index contributed by atoms with van der Waals surface area (Å²) in [4.78, 5) is 15.0. The Balaban J connectivity index is 0.988. The Morgan fingerprint density at radius 3 is 1.79 bits per heavy atom. The molecule has 0 saturated heterocycles. The SMILES string of the molecule is C1=CCC(c2nc(-c3ccccc3)nc(-c3ccc4oc5ccc(-c6cccc(-c7ccc8c(c7)c7ccccc7n8-c7ccccc7)c6)cc5c4c3)n2)C=C1. The van der Waals surface area contributed by atoms with Gasteiger partial charge in [-0.2, -0.15) is 0 Å². The number of fused-ring (bicyclic) bond motifs is 6. The fourth-order valence-corrected chi connectivity index (χ4v) is 8.16. The van der Waals surface area contributed by atoms with Crippen molar-refractivity contribution in [2.45, 2.75) is 12.3 Å². The smallest absolute Gasteiger partial charge is 0.163 e. The third-order valence-corrected chi connectivity index (χ3v) is 10.9. The summed E-state index contributed by atoms with van der Waals surface area (Å²) < 4.78 is 8.73. The average Bonchev–Trinajstić information content (AvgIpc) is 3.82. The molecule has 0 radical (unpaired) electrons. The van der Waals surface area contributed by atoms with Gasteiger partial charge in [0.05, 0.1) is 11.0 Å². The number of para-hydroxylation sites is 2. The first kappa shape index (κ1) is 32.1. The quantitative estimate of drug-likeness (QED) is 0.172. The van der Waals surface area contributed by atoms with E-state index < -0.39 is 0 Å². The summed E-state index contributed by atoms with van der Waals surface area (Å²) >= 11 is 0. The van der Waals surface area contributed by atoms with Crippen LogP contribution in [0.15, 0.2) is 193 Å². The highest BCUT2D eigenvalue weighted by Crippen LogP contribution is 2.38. The van der Waals surface area contributed by atoms with E-state index in [2.05, 4.69) is 150 Å². The molecular weight excluding hydrogens is 685 g/mol. The average molecular weight is 719 g/mol. The van der Waals surface area contributed by atoms with Gasteiger partial charge in [-0.3, -0.25) is 0 Å². The fourth-order valence-electron chi connectivity index (χ4n) is 8.16. The van der Waals surface area contributed by atoms with Crippen LogP contribution < -0.4 is 0 Å². The molecule has 0 saturated carbocycles. The van der Waals surface area contributed by atoms with E-state index in [1.165, 1.54) is 32.9 Å². The maximum atomic E-state index is 6.38. The zero-order valence-corrected chi connectivity index (χ0v) is 30.4. The Morgan fingerprint density at radius 1 is 0.446 bits per heavy atom. The van der Waals surface area contributed by atoms with Crippen molar-refractivity contribution in [2.24, 2.45) is 0 Å². The van der Waals surface area contributed by atoms with Crippen molar-refractivity contribution >= 4 is 43.7 Å². The Hall–Kier alpha value is -7.37. The highest BCUT2D eigenvalue weighted by Gasteiger charge is 2.19. The van der Waals surface area contributed by atoms with Gasteiger partial charge >= 0.3 is 0 Å². The lowest BCUT2D eigenvalue weighted by Crippen LogP contribution is -2.07. The molecule has 0 aliphatic heterocycles. The van der Waals surface area contributed by atoms with Gasteiger partial charge in [-0.25, -0.2) is 15.0 Å². The first-order valence-corrected chi connectivity index (χ1v) is 19.0. The minimum Gasteiger partial charge on any atom is -0.456 e. The highest BCUT2D eigenvalue weighted by molar-refractivity contribution is 6.11. The van der Waals surface area contributed by atoms with Gasteiger partial charge in [-0.1, -0.05) is 121 Å². The van der Waals surface area contributed by atoms with Crippen molar-refractivity contribution in [3.8, 4) is 50.7 Å². The molecule has 5 nitrogen and oxygen atoms in total. The van der Waals surface area contributed by atoms with Gasteiger partial charge in [-0.05, 0) is 95.4 Å². The van der Waals surface area contributed by atoms with Crippen LogP contribution in [0.3, 0.4) is 0 Å². The molecule has 0 fully saturated rings. The van der Waals surface area contributed by atoms with Gasteiger partial charge in [0.15, 0.2) is 11.6 Å². The summed E-state index contributed by atoms with van der Waals surface area (Å²) in [6, 6.07) is 57.8. The molecular formula is C51H34N4O. The van der Waals surface area contributed by atoms with Crippen LogP contribution in [0.5, 0.6) is 0 Å². The molecule has 5 heteroatoms. The normalized spacial score (nSPS) is 14.0. The lowest BCUT2D eigenvalue weighted by Gasteiger charge is -2.14. The molecule has 1 aliphatic carbocycles. The number of rotatable bonds is 6. The molecule has 0 N–H and O–H groups in total. The van der Waals surface area contributed by atoms with Gasteiger partial charge < -0.3 is 8.98 Å². The van der Waals surface area contributed by atoms with Crippen LogP contribution in [-0.2, 0) is 0 Å². The van der Waals surface area contributed by atoms with E-state index in [0.717, 1.165) is 62.1 Å². The number of hydrogen-bond acceptors (Lipinski definition) is 4. The van der Waals surface area contributed by atoms with E-state index >= 15 is 0 Å². The highest BCUT2D eigenvalue weighted by atomic mass is 16.3. The third-order valence-electron chi connectivity index (χ3n) is 10.9. The summed E-state index contributed by atoms with van der Waals surface area (Å²) in [6.07, 6.45) is 9.33. The van der Waals surface area contributed by atoms with Crippen molar-refractivity contribution in [2.75, 3.05) is 0 Å². The predicted octanol–water partition coefficient (Wildman–Crippen LogP) is 13.1. The molecule has 1 aliphatic rings. The van der Waals surface area contributed by atoms with Gasteiger partial charge in [-0.15, -0.1) is 0 Å². The van der Waals surface area contributed by atoms with Crippen LogP contribution in [0.4, 0.5) is 0 Å². The van der Waals surface area contributed by atoms with Crippen LogP contribution in [0.2, 0.25) is 0 Å². The van der Waals surface area contributed by atoms with Crippen LogP contribution in [-0.4, -0.2) is 19.5 Å². The number of furan rings is 1. The van der Waals surface area contributed by atoms with Gasteiger partial charge in [0, 0.05) is 44.3 Å². The van der Waals surface area contributed by atoms with Crippen molar-refractivity contribution in [3.05, 3.63) is 194 Å². The summed E-state index contributed by atoms with van der Waals surface area (Å²) in [5.74, 6) is 2.20. The Bertz CT molecular complexity index is 3170. The molecule has 0 amide bonds. The Kier molecular flexibility index (Phi) is 7.56. The number of benzene rings is 7. The fraction of sp³-hybridized carbons (Fsp3) is 0.0392. The Morgan fingerprint density at radius 2 is 1.04 bits per heavy atom. The second-order valence-corrected chi connectivity index (χ2v) is 14.4. The van der Waals surface area contributed by atoms with Crippen molar-refractivity contribution in [1.29, 1.82) is 0 Å². The van der Waals surface area contributed by atoms with Gasteiger partial charge in [0.2, 0.25) is 0 Å². The molecule has 11 rings (SSSR count). The molecule has 3 aromatic heterocycles. The zero-order chi connectivity index (χ0) is 37.0. The standard InChI is InChI=1S/C51H34N4O/c1-4-13-33(14-5-1)49-52-50(34-15-6-2-7-16-34)54-51(53-49)39-25-28-48-44(32-39)43-31-38(24-27-47(43)56-48)36-18-12-17-35(29-36)37-23-26-46-42(30-37)41-21-10-11-22-45(41)55(46)40-19-8-3-9-20-40/h1-15,17-32,34H,16H2. The second kappa shape index (κ2) is 13.2. The predicted molar refractivity (Wildman–Crippen MR) is 229 cm³/mol. The van der Waals surface area contributed by atoms with Crippen LogP contribution in [0, 0.1) is 0 Å². The van der Waals surface area contributed by atoms with Crippen LogP contribution in [0.25, 0.3) is 94.5 Å². The van der Waals surface area contributed by atoms with Crippen LogP contribution in [0.1, 0.15) is 18.2 Å². The molecule has 7 aromatic carbocycles. The molecule has 0 spiro atoms. The summed E-state index contributed by atoms with van der Waals surface area (Å²) in [5, 5.41) is 4.56. The van der Waals surface area contributed by atoms with E-state index in [4.69, 9.17) is 19.4 Å². The second-order valence-electron chi connectivity index (χ2n) is 14.4. The minimum absolute atomic E-state index is 0.0950. The van der Waals surface area contributed by atoms with E-state index in [1.807, 2.05) is 42.5 Å². The first-order valence-electron chi connectivity index (χ1n) is 19.0. The monoisotopic (exact) mass is 718 g/mol. The first-order chi connectivity index (χ1) is 27.7. The van der Waals surface area contributed by atoms with Gasteiger partial charge in [0.25, 0.3) is 0 Å². The Labute approximate surface area is 323 Å². The van der Waals surface area contributed by atoms with Crippen molar-refractivity contribution < 1.29 is 4.42 Å². The summed E-state index contributed by atoms with van der Waals surface area (Å²) in [7, 11) is 0. The molecule has 1 unspecified atom stereocenters. The number of allylic oxidation sites excluding steroid dienone is 4. The molecule has 1 atom stereocenters. The molecule has 264 valence electrons. The summed E-state index contributed by atoms with van der Waals surface area (Å²) in [5.41, 5.74) is 11.7. The molecule has 10 aromatic rings.